The predicted octanol–water partition coefficient (Wildman–Crippen LogP) is 2.93. The fraction of sp³-hybridized carbons (Fsp3) is 0.278. The number of carbonyl (C=O) groups is 2. The summed E-state index contributed by atoms with van der Waals surface area (Å²) in [6.07, 6.45) is 2.81. The number of likely N-dealkylation sites (tertiary alicyclic amines) is 1. The SMILES string of the molecule is O=C(Nc1ccccn1)C1CCN(C(=O)c2ccc(O)c(Cl)c2)CC1. The fourth-order valence-electron chi connectivity index (χ4n) is 2.83. The second-order valence-electron chi connectivity index (χ2n) is 5.94. The maximum atomic E-state index is 12.5. The highest BCUT2D eigenvalue weighted by Crippen LogP contribution is 2.26. The molecule has 1 aromatic carbocycles. The molecule has 0 bridgehead atoms. The standard InChI is InChI=1S/C18H18ClN3O3/c19-14-11-13(4-5-15(14)23)18(25)22-9-6-12(7-10-22)17(24)21-16-3-1-2-8-20-16/h1-5,8,11-12,23H,6-7,9-10H2,(H,20,21,24). The van der Waals surface area contributed by atoms with Gasteiger partial charge in [0.15, 0.2) is 0 Å². The normalized spacial score (nSPS) is 15.0. The number of phenolic OH excluding ortho intramolecular Hbond substituents is 1. The number of halogens is 1. The molecule has 1 aliphatic heterocycles. The third-order valence-electron chi connectivity index (χ3n) is 4.26. The van der Waals surface area contributed by atoms with Crippen LogP contribution in [0.2, 0.25) is 5.02 Å². The Labute approximate surface area is 150 Å². The van der Waals surface area contributed by atoms with E-state index in [9.17, 15) is 14.7 Å². The minimum atomic E-state index is -0.148. The van der Waals surface area contributed by atoms with E-state index in [0.717, 1.165) is 0 Å². The Morgan fingerprint density at radius 1 is 1.20 bits per heavy atom. The quantitative estimate of drug-likeness (QED) is 0.882. The number of rotatable bonds is 3. The third-order valence-corrected chi connectivity index (χ3v) is 4.57. The number of benzene rings is 1. The minimum absolute atomic E-state index is 0.0527. The molecular weight excluding hydrogens is 342 g/mol. The van der Waals surface area contributed by atoms with Crippen molar-refractivity contribution in [2.45, 2.75) is 12.8 Å². The topological polar surface area (TPSA) is 82.5 Å². The Bertz CT molecular complexity index is 774. The van der Waals surface area contributed by atoms with E-state index in [0.29, 0.717) is 37.3 Å². The molecule has 1 saturated heterocycles. The molecule has 1 aliphatic rings. The van der Waals surface area contributed by atoms with E-state index in [1.54, 1.807) is 29.3 Å². The van der Waals surface area contributed by atoms with Crippen molar-refractivity contribution in [3.8, 4) is 5.75 Å². The smallest absolute Gasteiger partial charge is 0.253 e. The van der Waals surface area contributed by atoms with Crippen molar-refractivity contribution < 1.29 is 14.7 Å². The van der Waals surface area contributed by atoms with E-state index >= 15 is 0 Å². The van der Waals surface area contributed by atoms with Crippen LogP contribution in [0.25, 0.3) is 0 Å². The van der Waals surface area contributed by atoms with Crippen molar-refractivity contribution in [1.29, 1.82) is 0 Å². The van der Waals surface area contributed by atoms with Gasteiger partial charge in [0.1, 0.15) is 11.6 Å². The Morgan fingerprint density at radius 3 is 2.60 bits per heavy atom. The molecule has 2 N–H and O–H groups in total. The first kappa shape index (κ1) is 17.2. The molecule has 7 heteroatoms. The molecule has 0 aliphatic carbocycles. The lowest BCUT2D eigenvalue weighted by molar-refractivity contribution is -0.121. The number of amides is 2. The van der Waals surface area contributed by atoms with Crippen molar-refractivity contribution in [3.05, 3.63) is 53.2 Å². The fourth-order valence-corrected chi connectivity index (χ4v) is 3.01. The largest absolute Gasteiger partial charge is 0.506 e. The van der Waals surface area contributed by atoms with Gasteiger partial charge in [-0.1, -0.05) is 17.7 Å². The molecule has 0 radical (unpaired) electrons. The van der Waals surface area contributed by atoms with Gasteiger partial charge in [-0.3, -0.25) is 9.59 Å². The van der Waals surface area contributed by atoms with Crippen molar-refractivity contribution in [2.24, 2.45) is 5.92 Å². The van der Waals surface area contributed by atoms with Crippen molar-refractivity contribution in [3.63, 3.8) is 0 Å². The van der Waals surface area contributed by atoms with Crippen LogP contribution in [0.15, 0.2) is 42.6 Å². The monoisotopic (exact) mass is 359 g/mol. The summed E-state index contributed by atoms with van der Waals surface area (Å²) >= 11 is 5.86. The molecule has 0 saturated carbocycles. The second kappa shape index (κ2) is 7.53. The van der Waals surface area contributed by atoms with E-state index < -0.39 is 0 Å². The number of hydrogen-bond donors (Lipinski definition) is 2. The maximum absolute atomic E-state index is 12.5. The number of carbonyl (C=O) groups excluding carboxylic acids is 2. The number of piperidine rings is 1. The molecule has 1 fully saturated rings. The molecule has 0 spiro atoms. The van der Waals surface area contributed by atoms with E-state index in [2.05, 4.69) is 10.3 Å². The van der Waals surface area contributed by atoms with Gasteiger partial charge in [-0.2, -0.15) is 0 Å². The van der Waals surface area contributed by atoms with Gasteiger partial charge < -0.3 is 15.3 Å². The van der Waals surface area contributed by atoms with Gasteiger partial charge in [0, 0.05) is 30.8 Å². The molecule has 130 valence electrons. The van der Waals surface area contributed by atoms with E-state index in [1.165, 1.54) is 12.1 Å². The van der Waals surface area contributed by atoms with Gasteiger partial charge in [0.05, 0.1) is 5.02 Å². The number of phenols is 1. The van der Waals surface area contributed by atoms with Gasteiger partial charge in [0.2, 0.25) is 5.91 Å². The Kier molecular flexibility index (Phi) is 5.19. The second-order valence-corrected chi connectivity index (χ2v) is 6.34. The summed E-state index contributed by atoms with van der Waals surface area (Å²) in [5.41, 5.74) is 0.430. The van der Waals surface area contributed by atoms with Crippen LogP contribution in [-0.2, 0) is 4.79 Å². The first-order valence-electron chi connectivity index (χ1n) is 8.04. The number of aromatic nitrogens is 1. The Balaban J connectivity index is 1.57. The molecule has 2 aromatic rings. The van der Waals surface area contributed by atoms with Crippen LogP contribution in [0.3, 0.4) is 0 Å². The summed E-state index contributed by atoms with van der Waals surface area (Å²) in [5, 5.41) is 12.4. The average molecular weight is 360 g/mol. The van der Waals surface area contributed by atoms with E-state index in [1.807, 2.05) is 6.07 Å². The maximum Gasteiger partial charge on any atom is 0.253 e. The van der Waals surface area contributed by atoms with Crippen molar-refractivity contribution >= 4 is 29.2 Å². The minimum Gasteiger partial charge on any atom is -0.506 e. The number of anilines is 1. The lowest BCUT2D eigenvalue weighted by Gasteiger charge is -2.31. The predicted molar refractivity (Wildman–Crippen MR) is 94.6 cm³/mol. The van der Waals surface area contributed by atoms with Crippen LogP contribution in [0.5, 0.6) is 5.75 Å². The highest BCUT2D eigenvalue weighted by Gasteiger charge is 2.28. The van der Waals surface area contributed by atoms with Crippen LogP contribution in [0.1, 0.15) is 23.2 Å². The van der Waals surface area contributed by atoms with Crippen LogP contribution < -0.4 is 5.32 Å². The average Bonchev–Trinajstić information content (AvgIpc) is 2.64. The lowest BCUT2D eigenvalue weighted by atomic mass is 9.95. The molecule has 2 amide bonds. The van der Waals surface area contributed by atoms with Gasteiger partial charge in [-0.25, -0.2) is 4.98 Å². The summed E-state index contributed by atoms with van der Waals surface area (Å²) in [6, 6.07) is 9.75. The van der Waals surface area contributed by atoms with Crippen LogP contribution in [0, 0.1) is 5.92 Å². The van der Waals surface area contributed by atoms with Gasteiger partial charge in [-0.15, -0.1) is 0 Å². The van der Waals surface area contributed by atoms with Crippen LogP contribution in [-0.4, -0.2) is 39.9 Å². The molecule has 1 aromatic heterocycles. The van der Waals surface area contributed by atoms with Crippen molar-refractivity contribution in [1.82, 2.24) is 9.88 Å². The molecule has 0 unspecified atom stereocenters. The van der Waals surface area contributed by atoms with Crippen LogP contribution in [0.4, 0.5) is 5.82 Å². The summed E-state index contributed by atoms with van der Waals surface area (Å²) < 4.78 is 0. The van der Waals surface area contributed by atoms with Gasteiger partial charge in [-0.05, 0) is 43.2 Å². The zero-order valence-electron chi connectivity index (χ0n) is 13.5. The zero-order valence-corrected chi connectivity index (χ0v) is 14.2. The summed E-state index contributed by atoms with van der Waals surface area (Å²) in [6.45, 7) is 0.995. The highest BCUT2D eigenvalue weighted by molar-refractivity contribution is 6.32. The Morgan fingerprint density at radius 2 is 1.96 bits per heavy atom. The Hall–Kier alpha value is -2.60. The number of nitrogens with one attached hydrogen (secondary N) is 1. The lowest BCUT2D eigenvalue weighted by Crippen LogP contribution is -2.41. The molecule has 3 rings (SSSR count). The number of nitrogens with zero attached hydrogens (tertiary/aromatic N) is 2. The third kappa shape index (κ3) is 4.09. The number of pyridine rings is 1. The molecule has 0 atom stereocenters. The first-order valence-corrected chi connectivity index (χ1v) is 8.42. The van der Waals surface area contributed by atoms with Gasteiger partial charge in [0.25, 0.3) is 5.91 Å². The van der Waals surface area contributed by atoms with E-state index in [-0.39, 0.29) is 28.5 Å². The summed E-state index contributed by atoms with van der Waals surface area (Å²) in [7, 11) is 0. The zero-order chi connectivity index (χ0) is 17.8. The van der Waals surface area contributed by atoms with E-state index in [4.69, 9.17) is 11.6 Å². The summed E-state index contributed by atoms with van der Waals surface area (Å²) in [5.74, 6) is 0.117. The number of hydrogen-bond acceptors (Lipinski definition) is 4. The number of aromatic hydroxyl groups is 1. The van der Waals surface area contributed by atoms with Gasteiger partial charge >= 0.3 is 0 Å². The molecular formula is C18H18ClN3O3. The summed E-state index contributed by atoms with van der Waals surface area (Å²) in [4.78, 5) is 30.6. The highest BCUT2D eigenvalue weighted by atomic mass is 35.5. The first-order chi connectivity index (χ1) is 12.0. The molecule has 6 nitrogen and oxygen atoms in total. The van der Waals surface area contributed by atoms with Crippen LogP contribution >= 0.6 is 11.6 Å². The molecule has 2 heterocycles. The van der Waals surface area contributed by atoms with Crippen molar-refractivity contribution in [2.75, 3.05) is 18.4 Å². The molecule has 25 heavy (non-hydrogen) atoms.